The van der Waals surface area contributed by atoms with E-state index < -0.39 is 17.6 Å². The summed E-state index contributed by atoms with van der Waals surface area (Å²) in [5.41, 5.74) is 6.62. The number of ether oxygens (including phenoxy) is 6. The summed E-state index contributed by atoms with van der Waals surface area (Å²) >= 11 is 0. The van der Waals surface area contributed by atoms with Crippen LogP contribution >= 0.6 is 0 Å². The Kier molecular flexibility index (Phi) is 10.8. The van der Waals surface area contributed by atoms with Crippen molar-refractivity contribution in [1.82, 2.24) is 0 Å². The van der Waals surface area contributed by atoms with Gasteiger partial charge in [-0.25, -0.2) is 0 Å². The van der Waals surface area contributed by atoms with Gasteiger partial charge in [0.15, 0.2) is 0 Å². The number of aliphatic hydroxyl groups is 2. The van der Waals surface area contributed by atoms with Crippen molar-refractivity contribution in [2.24, 2.45) is 10.8 Å². The molecule has 2 atom stereocenters. The molecular formula is C43H50O8. The number of benzene rings is 4. The Morgan fingerprint density at radius 1 is 0.549 bits per heavy atom. The quantitative estimate of drug-likeness (QED) is 0.109. The highest BCUT2D eigenvalue weighted by molar-refractivity contribution is 5.86. The molecule has 2 unspecified atom stereocenters. The lowest BCUT2D eigenvalue weighted by Gasteiger charge is -2.40. The molecule has 0 aromatic heterocycles. The monoisotopic (exact) mass is 694 g/mol. The number of fused-ring (bicyclic) bond motifs is 3. The van der Waals surface area contributed by atoms with E-state index in [9.17, 15) is 10.2 Å². The van der Waals surface area contributed by atoms with E-state index in [2.05, 4.69) is 86.6 Å². The first-order valence-electron chi connectivity index (χ1n) is 18.2. The molecule has 1 aliphatic carbocycles. The van der Waals surface area contributed by atoms with E-state index >= 15 is 0 Å². The van der Waals surface area contributed by atoms with Gasteiger partial charge in [-0.2, -0.15) is 0 Å². The van der Waals surface area contributed by atoms with Gasteiger partial charge in [0.25, 0.3) is 0 Å². The molecule has 3 aliphatic rings. The van der Waals surface area contributed by atoms with Crippen molar-refractivity contribution in [3.63, 3.8) is 0 Å². The Hall–Kier alpha value is -3.76. The van der Waals surface area contributed by atoms with Crippen LogP contribution in [0.5, 0.6) is 11.5 Å². The Labute approximate surface area is 301 Å². The summed E-state index contributed by atoms with van der Waals surface area (Å²) in [5.74, 6) is 1.37. The van der Waals surface area contributed by atoms with Crippen LogP contribution in [0.25, 0.3) is 11.1 Å². The standard InChI is InChI=1S/C43H50O8/c1-3-41(27-48-28-41)25-46-21-33(44)23-50-35-17-13-31(14-18-35)43(39-11-7-5-9-37(39)38-10-6-8-12-40(38)43)32-15-19-36(20-16-32)51-24-34(45)22-47-26-42(4-2)29-49-30-42/h5-20,33-34,44-45H,3-4,21-30H2,1-2H3. The molecule has 8 heteroatoms. The third-order valence-corrected chi connectivity index (χ3v) is 11.0. The van der Waals surface area contributed by atoms with Crippen LogP contribution in [0.2, 0.25) is 0 Å². The summed E-state index contributed by atoms with van der Waals surface area (Å²) in [6.07, 6.45) is 0.530. The number of hydrogen-bond donors (Lipinski definition) is 2. The average molecular weight is 695 g/mol. The van der Waals surface area contributed by atoms with Gasteiger partial charge in [-0.1, -0.05) is 86.6 Å². The molecular weight excluding hydrogens is 644 g/mol. The lowest BCUT2D eigenvalue weighted by atomic mass is 9.68. The predicted molar refractivity (Wildman–Crippen MR) is 195 cm³/mol. The summed E-state index contributed by atoms with van der Waals surface area (Å²) in [4.78, 5) is 0. The maximum atomic E-state index is 10.6. The number of hydrogen-bond acceptors (Lipinski definition) is 8. The highest BCUT2D eigenvalue weighted by atomic mass is 16.5. The second kappa shape index (κ2) is 15.5. The molecule has 51 heavy (non-hydrogen) atoms. The van der Waals surface area contributed by atoms with Crippen molar-refractivity contribution in [3.8, 4) is 22.6 Å². The van der Waals surface area contributed by atoms with Crippen molar-refractivity contribution in [3.05, 3.63) is 119 Å². The van der Waals surface area contributed by atoms with E-state index in [1.807, 2.05) is 24.3 Å². The predicted octanol–water partition coefficient (Wildman–Crippen LogP) is 6.42. The van der Waals surface area contributed by atoms with E-state index in [1.165, 1.54) is 22.3 Å². The van der Waals surface area contributed by atoms with E-state index in [4.69, 9.17) is 28.4 Å². The lowest BCUT2D eigenvalue weighted by Crippen LogP contribution is -2.46. The molecule has 2 N–H and O–H groups in total. The average Bonchev–Trinajstić information content (AvgIpc) is 3.44. The largest absolute Gasteiger partial charge is 0.491 e. The van der Waals surface area contributed by atoms with E-state index in [0.29, 0.717) is 51.1 Å². The summed E-state index contributed by atoms with van der Waals surface area (Å²) < 4.78 is 34.5. The molecule has 2 fully saturated rings. The molecule has 8 nitrogen and oxygen atoms in total. The molecule has 2 aliphatic heterocycles. The van der Waals surface area contributed by atoms with E-state index in [0.717, 1.165) is 24.0 Å². The molecule has 2 saturated heterocycles. The number of rotatable bonds is 18. The smallest absolute Gasteiger partial charge is 0.119 e. The summed E-state index contributed by atoms with van der Waals surface area (Å²) in [7, 11) is 0. The fourth-order valence-corrected chi connectivity index (χ4v) is 7.49. The van der Waals surface area contributed by atoms with Gasteiger partial charge < -0.3 is 38.6 Å². The maximum absolute atomic E-state index is 10.6. The molecule has 0 bridgehead atoms. The molecule has 0 radical (unpaired) electrons. The minimum absolute atomic E-state index is 0.0820. The van der Waals surface area contributed by atoms with Gasteiger partial charge in [0.1, 0.15) is 36.9 Å². The van der Waals surface area contributed by atoms with Crippen LogP contribution in [-0.4, -0.2) is 88.5 Å². The molecule has 2 heterocycles. The fourth-order valence-electron chi connectivity index (χ4n) is 7.49. The first kappa shape index (κ1) is 35.6. The molecule has 270 valence electrons. The fraction of sp³-hybridized carbons (Fsp3) is 0.442. The minimum atomic E-state index is -0.732. The first-order chi connectivity index (χ1) is 24.9. The first-order valence-corrected chi connectivity index (χ1v) is 18.2. The summed E-state index contributed by atoms with van der Waals surface area (Å²) in [6, 6.07) is 33.6. The SMILES string of the molecule is CCC1(COCC(O)COc2ccc(C3(c4ccc(OCC(O)COCC5(CC)COC5)cc4)c4ccccc4-c4ccccc43)cc2)COC1. The third-order valence-electron chi connectivity index (χ3n) is 11.0. The van der Waals surface area contributed by atoms with Gasteiger partial charge in [0.2, 0.25) is 0 Å². The zero-order valence-electron chi connectivity index (χ0n) is 29.7. The third kappa shape index (κ3) is 7.18. The Bertz CT molecular complexity index is 1590. The van der Waals surface area contributed by atoms with Crippen molar-refractivity contribution in [1.29, 1.82) is 0 Å². The number of aliphatic hydroxyl groups excluding tert-OH is 2. The van der Waals surface area contributed by atoms with Crippen LogP contribution in [0, 0.1) is 10.8 Å². The van der Waals surface area contributed by atoms with E-state index in [1.54, 1.807) is 0 Å². The van der Waals surface area contributed by atoms with Crippen molar-refractivity contribution < 1.29 is 38.6 Å². The Morgan fingerprint density at radius 3 is 1.29 bits per heavy atom. The van der Waals surface area contributed by atoms with Crippen LogP contribution in [0.3, 0.4) is 0 Å². The van der Waals surface area contributed by atoms with Gasteiger partial charge in [-0.05, 0) is 70.5 Å². The zero-order chi connectivity index (χ0) is 35.3. The summed E-state index contributed by atoms with van der Waals surface area (Å²) in [5, 5.41) is 21.1. The van der Waals surface area contributed by atoms with Crippen LogP contribution in [0.4, 0.5) is 0 Å². The topological polar surface area (TPSA) is 95.8 Å². The zero-order valence-corrected chi connectivity index (χ0v) is 29.7. The Morgan fingerprint density at radius 2 is 0.941 bits per heavy atom. The van der Waals surface area contributed by atoms with Gasteiger partial charge >= 0.3 is 0 Å². The van der Waals surface area contributed by atoms with Gasteiger partial charge in [-0.15, -0.1) is 0 Å². The second-order valence-electron chi connectivity index (χ2n) is 14.5. The van der Waals surface area contributed by atoms with Gasteiger partial charge in [0.05, 0.1) is 58.3 Å². The minimum Gasteiger partial charge on any atom is -0.491 e. The van der Waals surface area contributed by atoms with Crippen LogP contribution < -0.4 is 9.47 Å². The van der Waals surface area contributed by atoms with Crippen molar-refractivity contribution in [2.75, 3.05) is 66.1 Å². The normalized spacial score (nSPS) is 18.8. The Balaban J connectivity index is 1.06. The van der Waals surface area contributed by atoms with Crippen LogP contribution in [0.1, 0.15) is 48.9 Å². The molecule has 0 amide bonds. The van der Waals surface area contributed by atoms with Gasteiger partial charge in [0, 0.05) is 10.8 Å². The maximum Gasteiger partial charge on any atom is 0.119 e. The molecule has 4 aromatic carbocycles. The molecule has 0 saturated carbocycles. The summed E-state index contributed by atoms with van der Waals surface area (Å²) in [6.45, 7) is 9.04. The van der Waals surface area contributed by atoms with Crippen molar-refractivity contribution in [2.45, 2.75) is 44.3 Å². The van der Waals surface area contributed by atoms with Crippen LogP contribution in [-0.2, 0) is 24.4 Å². The lowest BCUT2D eigenvalue weighted by molar-refractivity contribution is -0.156. The molecule has 0 spiro atoms. The highest BCUT2D eigenvalue weighted by Crippen LogP contribution is 2.56. The van der Waals surface area contributed by atoms with Crippen molar-refractivity contribution >= 4 is 0 Å². The van der Waals surface area contributed by atoms with Gasteiger partial charge in [-0.3, -0.25) is 0 Å². The highest BCUT2D eigenvalue weighted by Gasteiger charge is 2.46. The molecule has 7 rings (SSSR count). The second-order valence-corrected chi connectivity index (χ2v) is 14.5. The van der Waals surface area contributed by atoms with E-state index in [-0.39, 0.29) is 37.3 Å². The van der Waals surface area contributed by atoms with Crippen LogP contribution in [0.15, 0.2) is 97.1 Å². The molecule has 4 aromatic rings.